The van der Waals surface area contributed by atoms with Crippen molar-refractivity contribution < 1.29 is 13.5 Å². The van der Waals surface area contributed by atoms with Gasteiger partial charge >= 0.3 is 0 Å². The highest BCUT2D eigenvalue weighted by Gasteiger charge is 2.01. The van der Waals surface area contributed by atoms with E-state index >= 15 is 0 Å². The Balaban J connectivity index is 2.40. The lowest BCUT2D eigenvalue weighted by Crippen LogP contribution is -2.03. The quantitative estimate of drug-likeness (QED) is 0.706. The maximum atomic E-state index is 11.7. The standard InChI is InChI=1S/C11H12F2O/c1-2-9-3-5-10(6-4-9)7-14-8-11(12)13/h2-6,11H,1,7-8H2. The Kier molecular flexibility index (Phi) is 4.26. The summed E-state index contributed by atoms with van der Waals surface area (Å²) in [6, 6.07) is 7.41. The van der Waals surface area contributed by atoms with Crippen molar-refractivity contribution in [3.8, 4) is 0 Å². The normalized spacial score (nSPS) is 10.5. The number of benzene rings is 1. The molecule has 0 N–H and O–H groups in total. The number of hydrogen-bond acceptors (Lipinski definition) is 1. The van der Waals surface area contributed by atoms with Crippen LogP contribution in [0.2, 0.25) is 0 Å². The van der Waals surface area contributed by atoms with Gasteiger partial charge in [0.15, 0.2) is 0 Å². The summed E-state index contributed by atoms with van der Waals surface area (Å²) in [4.78, 5) is 0. The van der Waals surface area contributed by atoms with Gasteiger partial charge in [0, 0.05) is 0 Å². The average molecular weight is 198 g/mol. The predicted octanol–water partition coefficient (Wildman–Crippen LogP) is 3.11. The Morgan fingerprint density at radius 2 is 1.93 bits per heavy atom. The minimum atomic E-state index is -2.40. The highest BCUT2D eigenvalue weighted by Crippen LogP contribution is 2.07. The highest BCUT2D eigenvalue weighted by atomic mass is 19.3. The van der Waals surface area contributed by atoms with Crippen LogP contribution < -0.4 is 0 Å². The van der Waals surface area contributed by atoms with E-state index in [9.17, 15) is 8.78 Å². The summed E-state index contributed by atoms with van der Waals surface area (Å²) in [6.45, 7) is 3.33. The van der Waals surface area contributed by atoms with E-state index in [0.29, 0.717) is 0 Å². The SMILES string of the molecule is C=Cc1ccc(COCC(F)F)cc1. The fourth-order valence-corrected chi connectivity index (χ4v) is 1.02. The van der Waals surface area contributed by atoms with Gasteiger partial charge in [-0.3, -0.25) is 0 Å². The topological polar surface area (TPSA) is 9.23 Å². The summed E-state index contributed by atoms with van der Waals surface area (Å²) in [7, 11) is 0. The molecule has 0 spiro atoms. The first-order chi connectivity index (χ1) is 6.72. The van der Waals surface area contributed by atoms with E-state index < -0.39 is 13.0 Å². The Morgan fingerprint density at radius 3 is 2.43 bits per heavy atom. The molecule has 1 nitrogen and oxygen atoms in total. The third kappa shape index (κ3) is 3.66. The summed E-state index contributed by atoms with van der Waals surface area (Å²) in [5.41, 5.74) is 1.89. The van der Waals surface area contributed by atoms with Crippen molar-refractivity contribution in [2.75, 3.05) is 6.61 Å². The van der Waals surface area contributed by atoms with Gasteiger partial charge in [0.2, 0.25) is 0 Å². The van der Waals surface area contributed by atoms with Gasteiger partial charge in [0.1, 0.15) is 6.61 Å². The van der Waals surface area contributed by atoms with Gasteiger partial charge in [-0.05, 0) is 11.1 Å². The van der Waals surface area contributed by atoms with E-state index in [1.54, 1.807) is 6.08 Å². The van der Waals surface area contributed by atoms with E-state index in [1.165, 1.54) is 0 Å². The molecule has 0 aliphatic heterocycles. The molecule has 0 fully saturated rings. The number of halogens is 2. The molecule has 14 heavy (non-hydrogen) atoms. The van der Waals surface area contributed by atoms with Crippen molar-refractivity contribution in [3.05, 3.63) is 42.0 Å². The molecule has 0 saturated heterocycles. The molecule has 0 radical (unpaired) electrons. The van der Waals surface area contributed by atoms with Gasteiger partial charge in [-0.2, -0.15) is 0 Å². The number of hydrogen-bond donors (Lipinski definition) is 0. The predicted molar refractivity (Wildman–Crippen MR) is 52.2 cm³/mol. The van der Waals surface area contributed by atoms with Crippen molar-refractivity contribution >= 4 is 6.08 Å². The lowest BCUT2D eigenvalue weighted by atomic mass is 10.1. The Labute approximate surface area is 82.0 Å². The molecule has 1 aromatic rings. The van der Waals surface area contributed by atoms with Crippen LogP contribution in [0.15, 0.2) is 30.8 Å². The molecule has 0 atom stereocenters. The maximum Gasteiger partial charge on any atom is 0.261 e. The molecular formula is C11H12F2O. The molecular weight excluding hydrogens is 186 g/mol. The van der Waals surface area contributed by atoms with Crippen molar-refractivity contribution in [2.24, 2.45) is 0 Å². The summed E-state index contributed by atoms with van der Waals surface area (Å²) < 4.78 is 28.2. The first-order valence-corrected chi connectivity index (χ1v) is 4.29. The van der Waals surface area contributed by atoms with Crippen molar-refractivity contribution in [2.45, 2.75) is 13.0 Å². The molecule has 76 valence electrons. The maximum absolute atomic E-state index is 11.7. The van der Waals surface area contributed by atoms with Gasteiger partial charge < -0.3 is 4.74 Å². The van der Waals surface area contributed by atoms with E-state index in [2.05, 4.69) is 6.58 Å². The van der Waals surface area contributed by atoms with Crippen LogP contribution in [0.25, 0.3) is 6.08 Å². The fraction of sp³-hybridized carbons (Fsp3) is 0.273. The molecule has 0 heterocycles. The molecule has 1 rings (SSSR count). The van der Waals surface area contributed by atoms with Crippen LogP contribution in [0.1, 0.15) is 11.1 Å². The molecule has 1 aromatic carbocycles. The first kappa shape index (κ1) is 10.9. The molecule has 0 aliphatic carbocycles. The van der Waals surface area contributed by atoms with Gasteiger partial charge in [0.25, 0.3) is 6.43 Å². The van der Waals surface area contributed by atoms with Crippen molar-refractivity contribution in [3.63, 3.8) is 0 Å². The van der Waals surface area contributed by atoms with Crippen LogP contribution in [0.3, 0.4) is 0 Å². The zero-order valence-electron chi connectivity index (χ0n) is 7.75. The summed E-state index contributed by atoms with van der Waals surface area (Å²) in [6.07, 6.45) is -0.675. The minimum Gasteiger partial charge on any atom is -0.371 e. The Morgan fingerprint density at radius 1 is 1.29 bits per heavy atom. The number of ether oxygens (including phenoxy) is 1. The molecule has 0 saturated carbocycles. The van der Waals surface area contributed by atoms with Gasteiger partial charge in [-0.1, -0.05) is 36.9 Å². The van der Waals surface area contributed by atoms with Crippen LogP contribution in [-0.4, -0.2) is 13.0 Å². The zero-order chi connectivity index (χ0) is 10.4. The van der Waals surface area contributed by atoms with Gasteiger partial charge in [-0.15, -0.1) is 0 Å². The summed E-state index contributed by atoms with van der Waals surface area (Å²) in [5, 5.41) is 0. The van der Waals surface area contributed by atoms with E-state index in [-0.39, 0.29) is 6.61 Å². The van der Waals surface area contributed by atoms with Crippen molar-refractivity contribution in [1.82, 2.24) is 0 Å². The number of rotatable bonds is 5. The lowest BCUT2D eigenvalue weighted by molar-refractivity contribution is 0.00988. The molecule has 0 unspecified atom stereocenters. The van der Waals surface area contributed by atoms with Gasteiger partial charge in [0.05, 0.1) is 6.61 Å². The third-order valence-electron chi connectivity index (χ3n) is 1.73. The monoisotopic (exact) mass is 198 g/mol. The summed E-state index contributed by atoms with van der Waals surface area (Å²) >= 11 is 0. The first-order valence-electron chi connectivity index (χ1n) is 4.29. The second-order valence-corrected chi connectivity index (χ2v) is 2.85. The second kappa shape index (κ2) is 5.50. The van der Waals surface area contributed by atoms with E-state index in [1.807, 2.05) is 24.3 Å². The van der Waals surface area contributed by atoms with E-state index in [0.717, 1.165) is 11.1 Å². The smallest absolute Gasteiger partial charge is 0.261 e. The molecule has 0 aromatic heterocycles. The van der Waals surface area contributed by atoms with Crippen LogP contribution in [-0.2, 0) is 11.3 Å². The Hall–Kier alpha value is -1.22. The van der Waals surface area contributed by atoms with Crippen LogP contribution in [0.4, 0.5) is 8.78 Å². The fourth-order valence-electron chi connectivity index (χ4n) is 1.02. The molecule has 3 heteroatoms. The Bertz CT molecular complexity index is 280. The van der Waals surface area contributed by atoms with Gasteiger partial charge in [-0.25, -0.2) is 8.78 Å². The largest absolute Gasteiger partial charge is 0.371 e. The van der Waals surface area contributed by atoms with Crippen LogP contribution in [0.5, 0.6) is 0 Å². The molecule has 0 amide bonds. The summed E-state index contributed by atoms with van der Waals surface area (Å²) in [5.74, 6) is 0. The highest BCUT2D eigenvalue weighted by molar-refractivity contribution is 5.47. The molecule has 0 aliphatic rings. The second-order valence-electron chi connectivity index (χ2n) is 2.85. The van der Waals surface area contributed by atoms with Crippen LogP contribution >= 0.6 is 0 Å². The molecule has 0 bridgehead atoms. The number of alkyl halides is 2. The zero-order valence-corrected chi connectivity index (χ0v) is 7.75. The van der Waals surface area contributed by atoms with Crippen molar-refractivity contribution in [1.29, 1.82) is 0 Å². The lowest BCUT2D eigenvalue weighted by Gasteiger charge is -2.03. The van der Waals surface area contributed by atoms with Crippen LogP contribution in [0, 0.1) is 0 Å². The van der Waals surface area contributed by atoms with E-state index in [4.69, 9.17) is 4.74 Å². The third-order valence-corrected chi connectivity index (χ3v) is 1.73. The average Bonchev–Trinajstić information content (AvgIpc) is 2.18. The minimum absolute atomic E-state index is 0.224.